The summed E-state index contributed by atoms with van der Waals surface area (Å²) >= 11 is 1.61. The second-order valence-corrected chi connectivity index (χ2v) is 18.9. The summed E-state index contributed by atoms with van der Waals surface area (Å²) in [5, 5.41) is 12.0. The quantitative estimate of drug-likeness (QED) is 0.356. The minimum atomic E-state index is -0.933. The highest BCUT2D eigenvalue weighted by molar-refractivity contribution is 8.14. The molecule has 1 fully saturated rings. The molecule has 1 saturated heterocycles. The molecule has 3 aliphatic rings. The molecule has 13 heteroatoms. The number of rotatable bonds is 5. The lowest BCUT2D eigenvalue weighted by Crippen LogP contribution is -2.58. The molecule has 2 bridgehead atoms. The topological polar surface area (TPSA) is 146 Å². The maximum Gasteiger partial charge on any atom is 0.329 e. The Balaban J connectivity index is 1.67. The van der Waals surface area contributed by atoms with Crippen molar-refractivity contribution in [1.29, 1.82) is 0 Å². The minimum absolute atomic E-state index is 0.00891. The van der Waals surface area contributed by atoms with Crippen molar-refractivity contribution in [3.05, 3.63) is 29.8 Å². The molecule has 1 N–H and O–H groups in total. The standard InChI is InChI=1S/C44H68N4O8S/c1-11-28(3)39-42(53)48-20-12-13-36(48)43(54)56-37(44(5,6)7)22-27(2)21-34(50)25-38-45-32(26-57-38)16-17-33(49)24-31(23-30-14-18-35(55-10)19-15-30)41(52)46(8)29(4)40(51)47(39)9/h14-15,18-19,27-29,31-32,34,36-37,39,50H,11-13,16-17,20-26H2,1-10H3/t27-,28-,29-,31+,32-,34-,36-,37-,39?/m0/s1. The summed E-state index contributed by atoms with van der Waals surface area (Å²) in [6.45, 7) is 14.0. The third-order valence-electron chi connectivity index (χ3n) is 12.2. The summed E-state index contributed by atoms with van der Waals surface area (Å²) in [6.07, 6.45) is 3.22. The second-order valence-electron chi connectivity index (χ2n) is 17.8. The highest BCUT2D eigenvalue weighted by atomic mass is 32.2. The van der Waals surface area contributed by atoms with Crippen LogP contribution >= 0.6 is 11.8 Å². The number of hydrogen-bond acceptors (Lipinski definition) is 10. The fourth-order valence-electron chi connectivity index (χ4n) is 8.27. The summed E-state index contributed by atoms with van der Waals surface area (Å²) in [6, 6.07) is 4.75. The van der Waals surface area contributed by atoms with Crippen LogP contribution in [0.3, 0.4) is 0 Å². The zero-order valence-electron chi connectivity index (χ0n) is 36.0. The number of methoxy groups -OCH3 is 1. The van der Waals surface area contributed by atoms with Gasteiger partial charge in [-0.2, -0.15) is 0 Å². The van der Waals surface area contributed by atoms with Crippen molar-refractivity contribution in [2.45, 2.75) is 149 Å². The van der Waals surface area contributed by atoms with Gasteiger partial charge in [-0.05, 0) is 80.4 Å². The lowest BCUT2D eigenvalue weighted by Gasteiger charge is -2.39. The van der Waals surface area contributed by atoms with Crippen LogP contribution in [-0.4, -0.2) is 124 Å². The van der Waals surface area contributed by atoms with Gasteiger partial charge in [0, 0.05) is 51.6 Å². The number of Topliss-reactive ketones (excluding diaryl/α,β-unsaturated/α-hetero) is 1. The van der Waals surface area contributed by atoms with Crippen LogP contribution in [0.25, 0.3) is 0 Å². The number of aliphatic hydroxyl groups excluding tert-OH is 1. The number of cyclic esters (lactones) is 1. The Morgan fingerprint density at radius 1 is 0.965 bits per heavy atom. The zero-order valence-corrected chi connectivity index (χ0v) is 36.8. The first-order valence-electron chi connectivity index (χ1n) is 20.9. The van der Waals surface area contributed by atoms with E-state index >= 15 is 0 Å². The third-order valence-corrected chi connectivity index (χ3v) is 13.4. The Morgan fingerprint density at radius 2 is 1.65 bits per heavy atom. The number of hydrogen-bond donors (Lipinski definition) is 1. The summed E-state index contributed by atoms with van der Waals surface area (Å²) < 4.78 is 11.6. The molecule has 3 aliphatic heterocycles. The molecule has 3 heterocycles. The number of likely N-dealkylation sites (N-methyl/N-ethyl adjacent to an activating group) is 2. The molecular formula is C44H68N4O8S. The molecule has 0 radical (unpaired) electrons. The van der Waals surface area contributed by atoms with Crippen molar-refractivity contribution in [2.75, 3.05) is 33.5 Å². The monoisotopic (exact) mass is 812 g/mol. The Morgan fingerprint density at radius 3 is 2.28 bits per heavy atom. The van der Waals surface area contributed by atoms with Gasteiger partial charge in [0.25, 0.3) is 0 Å². The first-order valence-corrected chi connectivity index (χ1v) is 21.9. The van der Waals surface area contributed by atoms with Crippen molar-refractivity contribution in [3.8, 4) is 5.75 Å². The van der Waals surface area contributed by atoms with Crippen LogP contribution in [0.4, 0.5) is 0 Å². The number of ketones is 1. The number of thioether (sulfide) groups is 1. The predicted octanol–water partition coefficient (Wildman–Crippen LogP) is 5.96. The number of carbonyl (C=O) groups is 5. The molecule has 0 aliphatic carbocycles. The highest BCUT2D eigenvalue weighted by Crippen LogP contribution is 2.33. The van der Waals surface area contributed by atoms with Crippen LogP contribution in [0, 0.1) is 23.2 Å². The molecule has 1 aromatic rings. The largest absolute Gasteiger partial charge is 0.497 e. The van der Waals surface area contributed by atoms with E-state index in [4.69, 9.17) is 14.5 Å². The van der Waals surface area contributed by atoms with Crippen molar-refractivity contribution >= 4 is 46.3 Å². The average Bonchev–Trinajstić information content (AvgIpc) is 3.85. The van der Waals surface area contributed by atoms with E-state index in [1.165, 1.54) is 9.80 Å². The van der Waals surface area contributed by atoms with Gasteiger partial charge in [-0.15, -0.1) is 11.8 Å². The van der Waals surface area contributed by atoms with Gasteiger partial charge < -0.3 is 29.3 Å². The van der Waals surface area contributed by atoms with Crippen LogP contribution in [-0.2, 0) is 35.1 Å². The van der Waals surface area contributed by atoms with Crippen molar-refractivity contribution in [1.82, 2.24) is 14.7 Å². The van der Waals surface area contributed by atoms with E-state index < -0.39 is 48.1 Å². The van der Waals surface area contributed by atoms with Crippen LogP contribution in [0.5, 0.6) is 5.75 Å². The molecule has 3 amide bonds. The SMILES string of the molecule is CC[C@H](C)C1C(=O)N2CCC[C@H]2C(=O)O[C@H](C(C)(C)C)C[C@@H](C)C[C@H](O)CC2=N[C@@H](CCC(=O)C[C@@H](Cc3ccc(OC)cc3)C(=O)N(C)[C@@H](C)C(=O)N1C)CS2. The van der Waals surface area contributed by atoms with Crippen LogP contribution in [0.1, 0.15) is 112 Å². The number of amides is 3. The molecule has 1 aromatic carbocycles. The number of nitrogens with zero attached hydrogens (tertiary/aromatic N) is 4. The predicted molar refractivity (Wildman–Crippen MR) is 224 cm³/mol. The number of fused-ring (bicyclic) bond motifs is 2. The first-order chi connectivity index (χ1) is 26.8. The van der Waals surface area contributed by atoms with E-state index in [1.54, 1.807) is 44.8 Å². The lowest BCUT2D eigenvalue weighted by atomic mass is 9.82. The van der Waals surface area contributed by atoms with E-state index in [-0.39, 0.29) is 53.7 Å². The van der Waals surface area contributed by atoms with E-state index in [0.29, 0.717) is 63.7 Å². The molecule has 0 aromatic heterocycles. The van der Waals surface area contributed by atoms with Gasteiger partial charge in [-0.1, -0.05) is 60.1 Å². The van der Waals surface area contributed by atoms with Crippen molar-refractivity contribution in [3.63, 3.8) is 0 Å². The zero-order chi connectivity index (χ0) is 42.2. The summed E-state index contributed by atoms with van der Waals surface area (Å²) in [4.78, 5) is 80.0. The van der Waals surface area contributed by atoms with Crippen molar-refractivity contribution in [2.24, 2.45) is 28.2 Å². The Labute approximate surface area is 344 Å². The summed E-state index contributed by atoms with van der Waals surface area (Å²) in [5.41, 5.74) is 0.473. The van der Waals surface area contributed by atoms with Crippen LogP contribution in [0.2, 0.25) is 0 Å². The molecule has 1 unspecified atom stereocenters. The highest BCUT2D eigenvalue weighted by Gasteiger charge is 2.44. The summed E-state index contributed by atoms with van der Waals surface area (Å²) in [5.74, 6) is -1.06. The van der Waals surface area contributed by atoms with E-state index in [1.807, 2.05) is 58.9 Å². The van der Waals surface area contributed by atoms with Crippen LogP contribution in [0.15, 0.2) is 29.3 Å². The molecule has 4 rings (SSSR count). The van der Waals surface area contributed by atoms with Gasteiger partial charge in [-0.3, -0.25) is 24.2 Å². The Bertz CT molecular complexity index is 1590. The number of ether oxygens (including phenoxy) is 2. The van der Waals surface area contributed by atoms with Crippen molar-refractivity contribution < 1.29 is 38.6 Å². The average molecular weight is 813 g/mol. The van der Waals surface area contributed by atoms with Gasteiger partial charge in [0.2, 0.25) is 17.7 Å². The molecule has 0 saturated carbocycles. The third kappa shape index (κ3) is 12.3. The normalized spacial score (nSPS) is 30.3. The molecule has 0 spiro atoms. The van der Waals surface area contributed by atoms with Gasteiger partial charge >= 0.3 is 5.97 Å². The Hall–Kier alpha value is -3.45. The molecule has 12 nitrogen and oxygen atoms in total. The molecule has 318 valence electrons. The smallest absolute Gasteiger partial charge is 0.329 e. The fraction of sp³-hybridized carbons (Fsp3) is 0.727. The number of aliphatic hydroxyl groups is 1. The maximum atomic E-state index is 14.5. The molecule has 57 heavy (non-hydrogen) atoms. The molecule has 9 atom stereocenters. The van der Waals surface area contributed by atoms with Gasteiger partial charge in [0.15, 0.2) is 0 Å². The van der Waals surface area contributed by atoms with E-state index in [9.17, 15) is 29.1 Å². The van der Waals surface area contributed by atoms with Gasteiger partial charge in [0.05, 0.1) is 24.3 Å². The minimum Gasteiger partial charge on any atom is -0.497 e. The van der Waals surface area contributed by atoms with E-state index in [2.05, 4.69) is 6.92 Å². The number of benzene rings is 1. The van der Waals surface area contributed by atoms with Gasteiger partial charge in [0.1, 0.15) is 35.8 Å². The van der Waals surface area contributed by atoms with E-state index in [0.717, 1.165) is 16.4 Å². The van der Waals surface area contributed by atoms with Gasteiger partial charge in [-0.25, -0.2) is 4.79 Å². The Kier molecular flexibility index (Phi) is 16.6. The second kappa shape index (κ2) is 20.5. The number of carbonyl (C=O) groups excluding carboxylic acids is 5. The van der Waals surface area contributed by atoms with Crippen LogP contribution < -0.4 is 4.74 Å². The number of aliphatic imine (C=N–C) groups is 1. The first kappa shape index (κ1) is 46.2. The molecular weight excluding hydrogens is 745 g/mol. The number of esters is 1. The summed E-state index contributed by atoms with van der Waals surface area (Å²) in [7, 11) is 4.76. The lowest BCUT2D eigenvalue weighted by molar-refractivity contribution is -0.166. The maximum absolute atomic E-state index is 14.5. The fourth-order valence-corrected chi connectivity index (χ4v) is 9.43.